The van der Waals surface area contributed by atoms with Crippen molar-refractivity contribution >= 4 is 32.0 Å². The third-order valence-corrected chi connectivity index (χ3v) is 7.76. The average molecular weight is 322 g/mol. The van der Waals surface area contributed by atoms with Crippen LogP contribution in [0.25, 0.3) is 0 Å². The van der Waals surface area contributed by atoms with Crippen LogP contribution in [0.4, 0.5) is 13.2 Å². The van der Waals surface area contributed by atoms with E-state index in [9.17, 15) is 31.2 Å². The van der Waals surface area contributed by atoms with Crippen LogP contribution >= 0.6 is 10.3 Å². The van der Waals surface area contributed by atoms with E-state index in [1.54, 1.807) is 0 Å². The van der Waals surface area contributed by atoms with Crippen molar-refractivity contribution in [2.75, 3.05) is 17.3 Å². The van der Waals surface area contributed by atoms with E-state index in [2.05, 4.69) is 3.63 Å². The minimum atomic E-state index is -5.75. The molecule has 0 bridgehead atoms. The third-order valence-electron chi connectivity index (χ3n) is 2.49. The molecular formula is C9H13F3O5S2. The zero-order valence-electron chi connectivity index (χ0n) is 10.0. The molecule has 0 N–H and O–H groups in total. The van der Waals surface area contributed by atoms with Gasteiger partial charge in [-0.1, -0.05) is 0 Å². The van der Waals surface area contributed by atoms with Crippen molar-refractivity contribution in [3.8, 4) is 0 Å². The maximum Gasteiger partial charge on any atom is 0.523 e. The van der Waals surface area contributed by atoms with E-state index in [0.29, 0.717) is 0 Å². The molecule has 10 heteroatoms. The number of hydrogen-bond donors (Lipinski definition) is 0. The smallest absolute Gasteiger partial charge is 0.300 e. The summed E-state index contributed by atoms with van der Waals surface area (Å²) < 4.78 is 63.4. The number of carbonyl (C=O) groups excluding carboxylic acids is 2. The minimum absolute atomic E-state index is 0.0595. The molecule has 0 unspecified atom stereocenters. The van der Waals surface area contributed by atoms with Crippen LogP contribution in [0.2, 0.25) is 0 Å². The first-order valence-electron chi connectivity index (χ1n) is 5.27. The molecule has 0 aromatic heterocycles. The van der Waals surface area contributed by atoms with Crippen LogP contribution in [0.5, 0.6) is 0 Å². The lowest BCUT2D eigenvalue weighted by Crippen LogP contribution is -2.34. The summed E-state index contributed by atoms with van der Waals surface area (Å²) in [5.41, 5.74) is -5.52. The van der Waals surface area contributed by atoms with Gasteiger partial charge in [0, 0.05) is 24.3 Å². The average Bonchev–Trinajstić information content (AvgIpc) is 2.19. The van der Waals surface area contributed by atoms with Crippen LogP contribution in [-0.2, 0) is 23.3 Å². The van der Waals surface area contributed by atoms with Gasteiger partial charge in [-0.15, -0.1) is 10.3 Å². The Kier molecular flexibility index (Phi) is 4.68. The molecule has 5 nitrogen and oxygen atoms in total. The van der Waals surface area contributed by atoms with Crippen LogP contribution in [0.3, 0.4) is 0 Å². The SMILES string of the molecule is CC(=O)CS1(OS(=O)(=O)C(F)(F)F)CCC(=O)CC1. The van der Waals surface area contributed by atoms with Crippen molar-refractivity contribution in [3.05, 3.63) is 0 Å². The molecule has 0 amide bonds. The van der Waals surface area contributed by atoms with Crippen molar-refractivity contribution in [3.63, 3.8) is 0 Å². The zero-order chi connectivity index (χ0) is 14.9. The Labute approximate surface area is 110 Å². The largest absolute Gasteiger partial charge is 0.523 e. The van der Waals surface area contributed by atoms with E-state index in [-0.39, 0.29) is 35.9 Å². The number of Topliss-reactive ketones (excluding diaryl/α,β-unsaturated/α-hetero) is 2. The molecule has 1 aliphatic rings. The van der Waals surface area contributed by atoms with Gasteiger partial charge in [0.2, 0.25) is 0 Å². The van der Waals surface area contributed by atoms with E-state index in [0.717, 1.165) is 6.92 Å². The van der Waals surface area contributed by atoms with Gasteiger partial charge in [-0.2, -0.15) is 21.6 Å². The molecule has 0 spiro atoms. The first-order valence-corrected chi connectivity index (χ1v) is 8.75. The van der Waals surface area contributed by atoms with E-state index in [1.165, 1.54) is 0 Å². The fourth-order valence-corrected chi connectivity index (χ4v) is 6.66. The molecule has 0 radical (unpaired) electrons. The topological polar surface area (TPSA) is 77.5 Å². The van der Waals surface area contributed by atoms with Gasteiger partial charge in [-0.25, -0.2) is 3.63 Å². The highest BCUT2D eigenvalue weighted by Gasteiger charge is 2.51. The first-order chi connectivity index (χ1) is 8.47. The summed E-state index contributed by atoms with van der Waals surface area (Å²) >= 11 is 0. The second-order valence-corrected chi connectivity index (χ2v) is 9.18. The van der Waals surface area contributed by atoms with E-state index >= 15 is 0 Å². The standard InChI is InChI=1S/C9H13F3O5S2/c1-7(13)6-18(4-2-8(14)3-5-18)17-19(15,16)9(10,11)12/h2-6H2,1H3. The van der Waals surface area contributed by atoms with Crippen molar-refractivity contribution in [1.29, 1.82) is 0 Å². The summed E-state index contributed by atoms with van der Waals surface area (Å²) in [5.74, 6) is -1.25. The highest BCUT2D eigenvalue weighted by Crippen LogP contribution is 2.55. The summed E-state index contributed by atoms with van der Waals surface area (Å²) in [7, 11) is -8.49. The fraction of sp³-hybridized carbons (Fsp3) is 0.778. The number of halogens is 3. The molecule has 1 saturated heterocycles. The van der Waals surface area contributed by atoms with E-state index in [4.69, 9.17) is 0 Å². The first kappa shape index (κ1) is 16.4. The maximum atomic E-state index is 12.3. The van der Waals surface area contributed by atoms with Gasteiger partial charge >= 0.3 is 15.6 Å². The molecule has 0 aliphatic carbocycles. The number of ketones is 2. The lowest BCUT2D eigenvalue weighted by molar-refractivity contribution is -0.118. The molecule has 0 aromatic rings. The normalized spacial score (nSPS) is 22.0. The lowest BCUT2D eigenvalue weighted by Gasteiger charge is -2.40. The number of carbonyl (C=O) groups is 2. The van der Waals surface area contributed by atoms with Gasteiger partial charge in [-0.3, -0.25) is 9.59 Å². The molecule has 19 heavy (non-hydrogen) atoms. The fourth-order valence-electron chi connectivity index (χ4n) is 1.66. The monoisotopic (exact) mass is 322 g/mol. The Morgan fingerprint density at radius 3 is 2.16 bits per heavy atom. The van der Waals surface area contributed by atoms with Crippen LogP contribution in [0.1, 0.15) is 19.8 Å². The highest BCUT2D eigenvalue weighted by atomic mass is 32.3. The quantitative estimate of drug-likeness (QED) is 0.734. The molecule has 1 aliphatic heterocycles. The van der Waals surface area contributed by atoms with Gasteiger partial charge in [0.25, 0.3) is 0 Å². The predicted molar refractivity (Wildman–Crippen MR) is 63.2 cm³/mol. The molecule has 0 saturated carbocycles. The molecule has 1 heterocycles. The number of rotatable bonds is 4. The summed E-state index contributed by atoms with van der Waals surface area (Å²) in [6, 6.07) is 0. The van der Waals surface area contributed by atoms with Gasteiger partial charge in [0.15, 0.2) is 0 Å². The maximum absolute atomic E-state index is 12.3. The summed E-state index contributed by atoms with van der Waals surface area (Å²) in [6.45, 7) is 1.15. The molecular weight excluding hydrogens is 309 g/mol. The Balaban J connectivity index is 3.00. The molecule has 0 aromatic carbocycles. The van der Waals surface area contributed by atoms with Gasteiger partial charge in [0.05, 0.1) is 5.75 Å². The second kappa shape index (κ2) is 5.41. The Bertz CT molecular complexity index is 473. The highest BCUT2D eigenvalue weighted by molar-refractivity contribution is 8.33. The zero-order valence-corrected chi connectivity index (χ0v) is 11.7. The number of hydrogen-bond acceptors (Lipinski definition) is 5. The van der Waals surface area contributed by atoms with Crippen LogP contribution in [0, 0.1) is 0 Å². The summed E-state index contributed by atoms with van der Waals surface area (Å²) in [4.78, 5) is 22.2. The van der Waals surface area contributed by atoms with E-state index in [1.807, 2.05) is 0 Å². The van der Waals surface area contributed by atoms with Crippen molar-refractivity contribution in [2.45, 2.75) is 25.3 Å². The van der Waals surface area contributed by atoms with Crippen molar-refractivity contribution < 1.29 is 34.8 Å². The predicted octanol–water partition coefficient (Wildman–Crippen LogP) is 1.52. The minimum Gasteiger partial charge on any atom is -0.300 e. The molecule has 0 atom stereocenters. The van der Waals surface area contributed by atoms with Crippen LogP contribution in [-0.4, -0.2) is 42.8 Å². The third kappa shape index (κ3) is 4.18. The van der Waals surface area contributed by atoms with Gasteiger partial charge in [0.1, 0.15) is 11.6 Å². The molecule has 1 fully saturated rings. The van der Waals surface area contributed by atoms with E-state index < -0.39 is 31.7 Å². The van der Waals surface area contributed by atoms with Crippen molar-refractivity contribution in [2.24, 2.45) is 0 Å². The Morgan fingerprint density at radius 2 is 1.79 bits per heavy atom. The molecule has 1 rings (SSSR count). The summed E-state index contributed by atoms with van der Waals surface area (Å²) in [5, 5.41) is 0. The van der Waals surface area contributed by atoms with Crippen LogP contribution in [0.15, 0.2) is 0 Å². The summed E-state index contributed by atoms with van der Waals surface area (Å²) in [6.07, 6.45) is -0.119. The lowest BCUT2D eigenvalue weighted by atomic mass is 10.2. The van der Waals surface area contributed by atoms with Gasteiger partial charge < -0.3 is 0 Å². The van der Waals surface area contributed by atoms with Crippen LogP contribution < -0.4 is 0 Å². The second-order valence-electron chi connectivity index (χ2n) is 4.23. The number of alkyl halides is 3. The molecule has 112 valence electrons. The van der Waals surface area contributed by atoms with Crippen molar-refractivity contribution in [1.82, 2.24) is 0 Å². The Hall–Kier alpha value is -0.610. The van der Waals surface area contributed by atoms with Gasteiger partial charge in [-0.05, 0) is 6.92 Å². The Morgan fingerprint density at radius 1 is 1.32 bits per heavy atom.